The van der Waals surface area contributed by atoms with Crippen molar-refractivity contribution in [1.29, 1.82) is 0 Å². The number of phenolic OH excluding ortho intramolecular Hbond substituents is 1. The number of nitrogens with zero attached hydrogens (tertiary/aromatic N) is 2. The summed E-state index contributed by atoms with van der Waals surface area (Å²) in [6, 6.07) is 5.10. The van der Waals surface area contributed by atoms with Gasteiger partial charge in [-0.1, -0.05) is 21.1 Å². The number of aromatic hydroxyl groups is 1. The monoisotopic (exact) mass is 324 g/mol. The van der Waals surface area contributed by atoms with E-state index in [1.165, 1.54) is 0 Å². The summed E-state index contributed by atoms with van der Waals surface area (Å²) in [6.45, 7) is 1.56. The smallest absolute Gasteiger partial charge is 0.261 e. The lowest BCUT2D eigenvalue weighted by Gasteiger charge is -2.01. The molecule has 0 radical (unpaired) electrons. The number of aromatic nitrogens is 2. The van der Waals surface area contributed by atoms with Gasteiger partial charge < -0.3 is 14.4 Å². The molecule has 1 aliphatic rings. The van der Waals surface area contributed by atoms with Crippen LogP contribution < -0.4 is 0 Å². The number of ether oxygens (including phenoxy) is 1. The van der Waals surface area contributed by atoms with E-state index in [0.717, 1.165) is 30.5 Å². The molecule has 0 spiro atoms. The minimum absolute atomic E-state index is 0.127. The molecule has 1 unspecified atom stereocenters. The van der Waals surface area contributed by atoms with Gasteiger partial charge in [0.25, 0.3) is 5.89 Å². The molecule has 1 N–H and O–H groups in total. The lowest BCUT2D eigenvalue weighted by molar-refractivity contribution is 0.185. The van der Waals surface area contributed by atoms with Crippen LogP contribution in [0.4, 0.5) is 0 Å². The second-order valence-electron chi connectivity index (χ2n) is 4.61. The average molecular weight is 325 g/mol. The largest absolute Gasteiger partial charge is 0.507 e. The van der Waals surface area contributed by atoms with Gasteiger partial charge in [0, 0.05) is 24.1 Å². The van der Waals surface area contributed by atoms with Gasteiger partial charge in [0.1, 0.15) is 5.75 Å². The van der Waals surface area contributed by atoms with Crippen molar-refractivity contribution in [3.8, 4) is 17.2 Å². The topological polar surface area (TPSA) is 68.4 Å². The van der Waals surface area contributed by atoms with Gasteiger partial charge in [0.2, 0.25) is 0 Å². The van der Waals surface area contributed by atoms with E-state index < -0.39 is 0 Å². The molecule has 0 saturated carbocycles. The van der Waals surface area contributed by atoms with Crippen molar-refractivity contribution in [2.24, 2.45) is 5.92 Å². The van der Waals surface area contributed by atoms with E-state index in [1.54, 1.807) is 18.2 Å². The van der Waals surface area contributed by atoms with Gasteiger partial charge in [-0.3, -0.25) is 0 Å². The summed E-state index contributed by atoms with van der Waals surface area (Å²) < 4.78 is 11.4. The maximum absolute atomic E-state index is 9.81. The summed E-state index contributed by atoms with van der Waals surface area (Å²) in [5, 5.41) is 13.8. The van der Waals surface area contributed by atoms with Crippen LogP contribution in [0.5, 0.6) is 5.75 Å². The molecule has 2 aromatic rings. The number of halogens is 1. The number of hydrogen-bond acceptors (Lipinski definition) is 5. The van der Waals surface area contributed by atoms with E-state index in [1.807, 2.05) is 0 Å². The van der Waals surface area contributed by atoms with Gasteiger partial charge in [-0.05, 0) is 30.5 Å². The van der Waals surface area contributed by atoms with Crippen LogP contribution in [-0.2, 0) is 11.2 Å². The Balaban J connectivity index is 1.82. The summed E-state index contributed by atoms with van der Waals surface area (Å²) in [5.74, 6) is 1.58. The van der Waals surface area contributed by atoms with E-state index in [-0.39, 0.29) is 5.75 Å². The van der Waals surface area contributed by atoms with Gasteiger partial charge in [-0.15, -0.1) is 0 Å². The highest BCUT2D eigenvalue weighted by atomic mass is 79.9. The second-order valence-corrected chi connectivity index (χ2v) is 5.53. The molecule has 5 nitrogen and oxygen atoms in total. The van der Waals surface area contributed by atoms with Crippen LogP contribution >= 0.6 is 15.9 Å². The third kappa shape index (κ3) is 2.79. The zero-order chi connectivity index (χ0) is 13.2. The first-order valence-electron chi connectivity index (χ1n) is 6.11. The molecular formula is C13H13BrN2O3. The zero-order valence-electron chi connectivity index (χ0n) is 10.2. The summed E-state index contributed by atoms with van der Waals surface area (Å²) in [7, 11) is 0. The van der Waals surface area contributed by atoms with E-state index in [2.05, 4.69) is 26.1 Å². The van der Waals surface area contributed by atoms with Crippen LogP contribution in [0, 0.1) is 5.92 Å². The maximum Gasteiger partial charge on any atom is 0.261 e. The van der Waals surface area contributed by atoms with Crippen molar-refractivity contribution in [3.63, 3.8) is 0 Å². The van der Waals surface area contributed by atoms with E-state index in [4.69, 9.17) is 9.26 Å². The third-order valence-corrected chi connectivity index (χ3v) is 3.65. The highest BCUT2D eigenvalue weighted by Gasteiger charge is 2.20. The molecule has 1 aromatic carbocycles. The molecule has 6 heteroatoms. The lowest BCUT2D eigenvalue weighted by Crippen LogP contribution is -2.04. The molecule has 1 saturated heterocycles. The predicted molar refractivity (Wildman–Crippen MR) is 71.7 cm³/mol. The normalized spacial score (nSPS) is 18.9. The first-order chi connectivity index (χ1) is 9.22. The molecule has 100 valence electrons. The first-order valence-corrected chi connectivity index (χ1v) is 6.91. The fourth-order valence-corrected chi connectivity index (χ4v) is 2.49. The van der Waals surface area contributed by atoms with E-state index >= 15 is 0 Å². The molecule has 3 rings (SSSR count). The van der Waals surface area contributed by atoms with Crippen molar-refractivity contribution < 1.29 is 14.4 Å². The standard InChI is InChI=1S/C13H13BrN2O3/c14-9-1-2-11(17)10(6-9)13-15-12(16-19-13)5-8-3-4-18-7-8/h1-2,6,8,17H,3-5,7H2. The average Bonchev–Trinajstić information content (AvgIpc) is 3.04. The van der Waals surface area contributed by atoms with Gasteiger partial charge in [-0.25, -0.2) is 0 Å². The third-order valence-electron chi connectivity index (χ3n) is 3.15. The number of hydrogen-bond donors (Lipinski definition) is 1. The van der Waals surface area contributed by atoms with Crippen LogP contribution in [-0.4, -0.2) is 28.5 Å². The maximum atomic E-state index is 9.81. The van der Waals surface area contributed by atoms with Crippen LogP contribution in [0.3, 0.4) is 0 Å². The van der Waals surface area contributed by atoms with Crippen molar-refractivity contribution in [2.75, 3.05) is 13.2 Å². The Bertz CT molecular complexity index is 579. The molecule has 0 bridgehead atoms. The summed E-state index contributed by atoms with van der Waals surface area (Å²) >= 11 is 3.35. The fourth-order valence-electron chi connectivity index (χ4n) is 2.13. The van der Waals surface area contributed by atoms with Crippen LogP contribution in [0.15, 0.2) is 27.2 Å². The van der Waals surface area contributed by atoms with Gasteiger partial charge in [0.15, 0.2) is 5.82 Å². The molecule has 19 heavy (non-hydrogen) atoms. The highest BCUT2D eigenvalue weighted by molar-refractivity contribution is 9.10. The van der Waals surface area contributed by atoms with Gasteiger partial charge in [-0.2, -0.15) is 4.98 Å². The van der Waals surface area contributed by atoms with E-state index in [0.29, 0.717) is 23.2 Å². The summed E-state index contributed by atoms with van der Waals surface area (Å²) in [6.07, 6.45) is 1.78. The van der Waals surface area contributed by atoms with Crippen LogP contribution in [0.2, 0.25) is 0 Å². The van der Waals surface area contributed by atoms with Crippen LogP contribution in [0.1, 0.15) is 12.2 Å². The first kappa shape index (κ1) is 12.6. The van der Waals surface area contributed by atoms with Crippen LogP contribution in [0.25, 0.3) is 11.5 Å². The Morgan fingerprint density at radius 2 is 2.32 bits per heavy atom. The molecule has 1 atom stereocenters. The van der Waals surface area contributed by atoms with Crippen molar-refractivity contribution >= 4 is 15.9 Å². The lowest BCUT2D eigenvalue weighted by atomic mass is 10.1. The van der Waals surface area contributed by atoms with Crippen molar-refractivity contribution in [1.82, 2.24) is 10.1 Å². The molecule has 1 fully saturated rings. The Morgan fingerprint density at radius 3 is 3.11 bits per heavy atom. The molecule has 1 aromatic heterocycles. The number of benzene rings is 1. The molecule has 0 aliphatic carbocycles. The summed E-state index contributed by atoms with van der Waals surface area (Å²) in [4.78, 5) is 4.33. The quantitative estimate of drug-likeness (QED) is 0.940. The Labute approximate surface area is 118 Å². The predicted octanol–water partition coefficient (Wildman–Crippen LogP) is 2.78. The van der Waals surface area contributed by atoms with Gasteiger partial charge >= 0.3 is 0 Å². The second kappa shape index (κ2) is 5.30. The fraction of sp³-hybridized carbons (Fsp3) is 0.385. The minimum atomic E-state index is 0.127. The Morgan fingerprint density at radius 1 is 1.42 bits per heavy atom. The number of phenols is 1. The number of rotatable bonds is 3. The Kier molecular flexibility index (Phi) is 3.52. The molecule has 0 amide bonds. The Hall–Kier alpha value is -1.40. The SMILES string of the molecule is Oc1ccc(Br)cc1-c1nc(CC2CCOC2)no1. The summed E-state index contributed by atoms with van der Waals surface area (Å²) in [5.41, 5.74) is 0.538. The molecule has 2 heterocycles. The molecular weight excluding hydrogens is 312 g/mol. The van der Waals surface area contributed by atoms with E-state index in [9.17, 15) is 5.11 Å². The van der Waals surface area contributed by atoms with Gasteiger partial charge in [0.05, 0.1) is 5.56 Å². The highest BCUT2D eigenvalue weighted by Crippen LogP contribution is 2.31. The molecule has 1 aliphatic heterocycles. The zero-order valence-corrected chi connectivity index (χ0v) is 11.8. The van der Waals surface area contributed by atoms with Crippen molar-refractivity contribution in [3.05, 3.63) is 28.5 Å². The van der Waals surface area contributed by atoms with Crippen molar-refractivity contribution in [2.45, 2.75) is 12.8 Å². The minimum Gasteiger partial charge on any atom is -0.507 e.